The quantitative estimate of drug-likeness (QED) is 0.759. The molecule has 1 unspecified atom stereocenters. The summed E-state index contributed by atoms with van der Waals surface area (Å²) in [7, 11) is 0. The SMILES string of the molecule is CC.CC.CCC(CCN)Nc1ccc(OC(F)(F)F)cc1. The van der Waals surface area contributed by atoms with E-state index < -0.39 is 6.36 Å². The fourth-order valence-corrected chi connectivity index (χ4v) is 1.57. The minimum atomic E-state index is -4.65. The van der Waals surface area contributed by atoms with Crippen LogP contribution in [0.4, 0.5) is 18.9 Å². The molecule has 1 aromatic rings. The summed E-state index contributed by atoms with van der Waals surface area (Å²) in [5.41, 5.74) is 6.22. The summed E-state index contributed by atoms with van der Waals surface area (Å²) in [4.78, 5) is 0. The Balaban J connectivity index is 0. The zero-order valence-corrected chi connectivity index (χ0v) is 14.1. The third kappa shape index (κ3) is 11.3. The van der Waals surface area contributed by atoms with Gasteiger partial charge >= 0.3 is 6.36 Å². The van der Waals surface area contributed by atoms with Crippen LogP contribution in [0.3, 0.4) is 0 Å². The van der Waals surface area contributed by atoms with Gasteiger partial charge in [-0.25, -0.2) is 0 Å². The fraction of sp³-hybridized carbons (Fsp3) is 0.625. The van der Waals surface area contributed by atoms with Crippen molar-refractivity contribution in [2.75, 3.05) is 11.9 Å². The molecule has 1 aromatic carbocycles. The van der Waals surface area contributed by atoms with E-state index in [0.717, 1.165) is 18.5 Å². The van der Waals surface area contributed by atoms with Crippen LogP contribution in [0, 0.1) is 0 Å². The number of anilines is 1. The molecule has 0 spiro atoms. The van der Waals surface area contributed by atoms with Gasteiger partial charge in [0.1, 0.15) is 5.75 Å². The topological polar surface area (TPSA) is 47.3 Å². The van der Waals surface area contributed by atoms with E-state index in [1.807, 2.05) is 34.6 Å². The molecule has 0 aliphatic heterocycles. The highest BCUT2D eigenvalue weighted by Gasteiger charge is 2.30. The third-order valence-corrected chi connectivity index (χ3v) is 2.47. The lowest BCUT2D eigenvalue weighted by atomic mass is 10.1. The van der Waals surface area contributed by atoms with Gasteiger partial charge in [-0.1, -0.05) is 34.6 Å². The molecule has 0 fully saturated rings. The van der Waals surface area contributed by atoms with Gasteiger partial charge in [0.2, 0.25) is 0 Å². The Labute approximate surface area is 132 Å². The summed E-state index contributed by atoms with van der Waals surface area (Å²) < 4.78 is 39.7. The Morgan fingerprint density at radius 2 is 1.59 bits per heavy atom. The Morgan fingerprint density at radius 1 is 1.09 bits per heavy atom. The predicted octanol–water partition coefficient (Wildman–Crippen LogP) is 5.18. The lowest BCUT2D eigenvalue weighted by Gasteiger charge is -2.17. The second-order valence-electron chi connectivity index (χ2n) is 3.90. The molecule has 0 aromatic heterocycles. The van der Waals surface area contributed by atoms with E-state index >= 15 is 0 Å². The lowest BCUT2D eigenvalue weighted by molar-refractivity contribution is -0.274. The monoisotopic (exact) mass is 322 g/mol. The first-order valence-electron chi connectivity index (χ1n) is 7.77. The molecule has 0 radical (unpaired) electrons. The molecule has 0 heterocycles. The Morgan fingerprint density at radius 3 is 1.95 bits per heavy atom. The molecule has 0 saturated heterocycles. The summed E-state index contributed by atoms with van der Waals surface area (Å²) in [5, 5.41) is 3.20. The van der Waals surface area contributed by atoms with Crippen molar-refractivity contribution >= 4 is 5.69 Å². The van der Waals surface area contributed by atoms with Crippen LogP contribution in [0.5, 0.6) is 5.75 Å². The number of nitrogens with two attached hydrogens (primary N) is 1. The molecule has 0 aliphatic rings. The van der Waals surface area contributed by atoms with E-state index in [1.165, 1.54) is 12.1 Å². The largest absolute Gasteiger partial charge is 0.573 e. The highest BCUT2D eigenvalue weighted by atomic mass is 19.4. The van der Waals surface area contributed by atoms with Crippen LogP contribution in [-0.2, 0) is 0 Å². The Bertz CT molecular complexity index is 353. The van der Waals surface area contributed by atoms with Crippen LogP contribution in [0.1, 0.15) is 47.5 Å². The second kappa shape index (κ2) is 13.2. The molecule has 3 nitrogen and oxygen atoms in total. The molecule has 0 saturated carbocycles. The molecule has 0 amide bonds. The number of benzene rings is 1. The molecule has 130 valence electrons. The third-order valence-electron chi connectivity index (χ3n) is 2.47. The summed E-state index contributed by atoms with van der Waals surface area (Å²) in [5.74, 6) is -0.222. The number of nitrogens with one attached hydrogen (secondary N) is 1. The predicted molar refractivity (Wildman–Crippen MR) is 87.2 cm³/mol. The van der Waals surface area contributed by atoms with Crippen LogP contribution < -0.4 is 15.8 Å². The van der Waals surface area contributed by atoms with Crippen molar-refractivity contribution in [2.45, 2.75) is 59.9 Å². The highest BCUT2D eigenvalue weighted by molar-refractivity contribution is 5.47. The first kappa shape index (κ1) is 22.8. The maximum atomic E-state index is 12.0. The summed E-state index contributed by atoms with van der Waals surface area (Å²) in [6.45, 7) is 10.6. The molecule has 0 bridgehead atoms. The molecule has 3 N–H and O–H groups in total. The zero-order chi connectivity index (χ0) is 17.6. The van der Waals surface area contributed by atoms with E-state index in [2.05, 4.69) is 10.1 Å². The highest BCUT2D eigenvalue weighted by Crippen LogP contribution is 2.24. The van der Waals surface area contributed by atoms with Gasteiger partial charge in [-0.15, -0.1) is 13.2 Å². The van der Waals surface area contributed by atoms with Crippen LogP contribution in [0.15, 0.2) is 24.3 Å². The Kier molecular flexibility index (Phi) is 13.8. The normalized spacial score (nSPS) is 11.3. The number of hydrogen-bond donors (Lipinski definition) is 2. The minimum absolute atomic E-state index is 0.222. The summed E-state index contributed by atoms with van der Waals surface area (Å²) in [6.07, 6.45) is -2.93. The first-order chi connectivity index (χ1) is 10.4. The fourth-order valence-electron chi connectivity index (χ4n) is 1.57. The number of alkyl halides is 3. The average Bonchev–Trinajstić information content (AvgIpc) is 2.51. The lowest BCUT2D eigenvalue weighted by Crippen LogP contribution is -2.22. The van der Waals surface area contributed by atoms with Crippen LogP contribution in [0.2, 0.25) is 0 Å². The van der Waals surface area contributed by atoms with Crippen LogP contribution >= 0.6 is 0 Å². The molecule has 0 aliphatic carbocycles. The van der Waals surface area contributed by atoms with Gasteiger partial charge in [0.25, 0.3) is 0 Å². The van der Waals surface area contributed by atoms with E-state index in [4.69, 9.17) is 5.73 Å². The van der Waals surface area contributed by atoms with E-state index in [9.17, 15) is 13.2 Å². The Hall–Kier alpha value is -1.43. The molecule has 22 heavy (non-hydrogen) atoms. The average molecular weight is 322 g/mol. The van der Waals surface area contributed by atoms with Crippen molar-refractivity contribution in [3.63, 3.8) is 0 Å². The van der Waals surface area contributed by atoms with Crippen molar-refractivity contribution < 1.29 is 17.9 Å². The van der Waals surface area contributed by atoms with Gasteiger partial charge in [0, 0.05) is 11.7 Å². The number of ether oxygens (including phenoxy) is 1. The number of rotatable bonds is 6. The van der Waals surface area contributed by atoms with Crippen molar-refractivity contribution in [3.8, 4) is 5.75 Å². The molecule has 1 rings (SSSR count). The van der Waals surface area contributed by atoms with Gasteiger partial charge in [0.15, 0.2) is 0 Å². The van der Waals surface area contributed by atoms with Crippen molar-refractivity contribution in [1.29, 1.82) is 0 Å². The van der Waals surface area contributed by atoms with E-state index in [1.54, 1.807) is 12.1 Å². The van der Waals surface area contributed by atoms with E-state index in [-0.39, 0.29) is 11.8 Å². The van der Waals surface area contributed by atoms with Gasteiger partial charge in [-0.3, -0.25) is 0 Å². The smallest absolute Gasteiger partial charge is 0.406 e. The van der Waals surface area contributed by atoms with Gasteiger partial charge in [-0.2, -0.15) is 0 Å². The van der Waals surface area contributed by atoms with Crippen molar-refractivity contribution in [3.05, 3.63) is 24.3 Å². The summed E-state index contributed by atoms with van der Waals surface area (Å²) in [6, 6.07) is 5.90. The van der Waals surface area contributed by atoms with Gasteiger partial charge in [-0.05, 0) is 43.7 Å². The number of halogens is 3. The maximum Gasteiger partial charge on any atom is 0.573 e. The molecule has 6 heteroatoms. The zero-order valence-electron chi connectivity index (χ0n) is 14.1. The second-order valence-corrected chi connectivity index (χ2v) is 3.90. The standard InChI is InChI=1S/C12H17F3N2O.2C2H6/c1-2-9(7-8-16)17-10-3-5-11(6-4-10)18-12(13,14)15;2*1-2/h3-6,9,17H,2,7-8,16H2,1H3;2*1-2H3. The number of hydrogen-bond acceptors (Lipinski definition) is 3. The van der Waals surface area contributed by atoms with Crippen molar-refractivity contribution in [1.82, 2.24) is 0 Å². The minimum Gasteiger partial charge on any atom is -0.406 e. The molecular weight excluding hydrogens is 293 g/mol. The molecular formula is C16H29F3N2O. The van der Waals surface area contributed by atoms with Crippen LogP contribution in [0.25, 0.3) is 0 Å². The van der Waals surface area contributed by atoms with Crippen molar-refractivity contribution in [2.24, 2.45) is 5.73 Å². The first-order valence-corrected chi connectivity index (χ1v) is 7.77. The summed E-state index contributed by atoms with van der Waals surface area (Å²) >= 11 is 0. The molecule has 1 atom stereocenters. The van der Waals surface area contributed by atoms with Gasteiger partial charge < -0.3 is 15.8 Å². The van der Waals surface area contributed by atoms with E-state index in [0.29, 0.717) is 6.54 Å². The maximum absolute atomic E-state index is 12.0. The van der Waals surface area contributed by atoms with Gasteiger partial charge in [0.05, 0.1) is 0 Å². The van der Waals surface area contributed by atoms with Crippen LogP contribution in [-0.4, -0.2) is 18.9 Å².